The average Bonchev–Trinajstić information content (AvgIpc) is 2.47. The molecule has 0 aromatic heterocycles. The molecule has 0 bridgehead atoms. The van der Waals surface area contributed by atoms with Gasteiger partial charge in [0.1, 0.15) is 5.82 Å². The van der Waals surface area contributed by atoms with Gasteiger partial charge in [0.25, 0.3) is 0 Å². The molecule has 21 heavy (non-hydrogen) atoms. The Labute approximate surface area is 124 Å². The smallest absolute Gasteiger partial charge is 0.164 e. The molecule has 0 aliphatic heterocycles. The molecule has 0 heterocycles. The Morgan fingerprint density at radius 2 is 2.00 bits per heavy atom. The van der Waals surface area contributed by atoms with Crippen LogP contribution < -0.4 is 5.32 Å². The van der Waals surface area contributed by atoms with Crippen LogP contribution in [0.1, 0.15) is 47.3 Å². The fourth-order valence-electron chi connectivity index (χ4n) is 3.09. The van der Waals surface area contributed by atoms with Gasteiger partial charge in [-0.15, -0.1) is 0 Å². The third-order valence-electron chi connectivity index (χ3n) is 4.06. The highest BCUT2D eigenvalue weighted by Gasteiger charge is 2.22. The quantitative estimate of drug-likeness (QED) is 0.839. The first kappa shape index (κ1) is 13.8. The van der Waals surface area contributed by atoms with Crippen LogP contribution in [-0.4, -0.2) is 5.78 Å². The summed E-state index contributed by atoms with van der Waals surface area (Å²) in [5, 5.41) is 3.37. The number of nitrogens with one attached hydrogen (secondary N) is 1. The van der Waals surface area contributed by atoms with E-state index in [2.05, 4.69) is 17.4 Å². The molecule has 0 saturated heterocycles. The molecule has 3 rings (SSSR count). The maximum atomic E-state index is 13.9. The number of benzene rings is 2. The van der Waals surface area contributed by atoms with Gasteiger partial charge in [-0.2, -0.15) is 0 Å². The minimum atomic E-state index is -0.461. The molecule has 2 aromatic rings. The fourth-order valence-corrected chi connectivity index (χ4v) is 3.09. The first-order valence-electron chi connectivity index (χ1n) is 7.30. The number of carbonyl (C=O) groups is 1. The second kappa shape index (κ2) is 5.68. The zero-order chi connectivity index (χ0) is 14.8. The Morgan fingerprint density at radius 1 is 1.19 bits per heavy atom. The third kappa shape index (κ3) is 2.68. The van der Waals surface area contributed by atoms with Gasteiger partial charge in [0.05, 0.1) is 11.6 Å². The Hall–Kier alpha value is -2.16. The number of anilines is 1. The number of hydrogen-bond donors (Lipinski definition) is 1. The van der Waals surface area contributed by atoms with E-state index in [-0.39, 0.29) is 17.4 Å². The summed E-state index contributed by atoms with van der Waals surface area (Å²) in [6.07, 6.45) is 3.17. The molecule has 3 heteroatoms. The summed E-state index contributed by atoms with van der Waals surface area (Å²) in [6.45, 7) is 1.40. The standard InChI is InChI=1S/C18H18FNO/c1-12(21)18-15(19)9-5-11-17(18)20-16-10-4-7-13-6-2-3-8-14(13)16/h2-3,5-6,8-9,11,16,20H,4,7,10H2,1H3. The SMILES string of the molecule is CC(=O)c1c(F)cccc1NC1CCCc2ccccc21. The Bertz CT molecular complexity index is 681. The van der Waals surface area contributed by atoms with Gasteiger partial charge in [0.2, 0.25) is 0 Å². The van der Waals surface area contributed by atoms with Crippen LogP contribution in [0.2, 0.25) is 0 Å². The number of aryl methyl sites for hydroxylation is 1. The number of Topliss-reactive ketones (excluding diaryl/α,β-unsaturated/α-hetero) is 1. The van der Waals surface area contributed by atoms with Gasteiger partial charge in [-0.25, -0.2) is 4.39 Å². The van der Waals surface area contributed by atoms with Gasteiger partial charge in [0.15, 0.2) is 5.78 Å². The number of hydrogen-bond acceptors (Lipinski definition) is 2. The second-order valence-electron chi connectivity index (χ2n) is 5.51. The monoisotopic (exact) mass is 283 g/mol. The van der Waals surface area contributed by atoms with Crippen LogP contribution in [0.15, 0.2) is 42.5 Å². The van der Waals surface area contributed by atoms with Crippen molar-refractivity contribution in [1.29, 1.82) is 0 Å². The molecule has 1 aliphatic carbocycles. The molecule has 1 aliphatic rings. The van der Waals surface area contributed by atoms with E-state index in [1.54, 1.807) is 12.1 Å². The molecular weight excluding hydrogens is 265 g/mol. The molecule has 2 aromatic carbocycles. The van der Waals surface area contributed by atoms with Crippen molar-refractivity contribution in [2.45, 2.75) is 32.2 Å². The molecule has 0 radical (unpaired) electrons. The maximum Gasteiger partial charge on any atom is 0.164 e. The molecule has 0 spiro atoms. The second-order valence-corrected chi connectivity index (χ2v) is 5.51. The highest BCUT2D eigenvalue weighted by atomic mass is 19.1. The van der Waals surface area contributed by atoms with Crippen molar-refractivity contribution >= 4 is 11.5 Å². The largest absolute Gasteiger partial charge is 0.378 e. The van der Waals surface area contributed by atoms with Crippen molar-refractivity contribution in [3.63, 3.8) is 0 Å². The zero-order valence-corrected chi connectivity index (χ0v) is 12.0. The van der Waals surface area contributed by atoms with E-state index >= 15 is 0 Å². The van der Waals surface area contributed by atoms with Crippen LogP contribution in [0.25, 0.3) is 0 Å². The summed E-state index contributed by atoms with van der Waals surface area (Å²) < 4.78 is 13.9. The lowest BCUT2D eigenvalue weighted by molar-refractivity contribution is 0.101. The predicted molar refractivity (Wildman–Crippen MR) is 82.1 cm³/mol. The lowest BCUT2D eigenvalue weighted by Gasteiger charge is -2.28. The Morgan fingerprint density at radius 3 is 2.81 bits per heavy atom. The average molecular weight is 283 g/mol. The first-order valence-corrected chi connectivity index (χ1v) is 7.30. The van der Waals surface area contributed by atoms with E-state index in [0.29, 0.717) is 5.69 Å². The van der Waals surface area contributed by atoms with Crippen molar-refractivity contribution in [3.8, 4) is 0 Å². The lowest BCUT2D eigenvalue weighted by Crippen LogP contribution is -2.19. The topological polar surface area (TPSA) is 29.1 Å². The van der Waals surface area contributed by atoms with Crippen molar-refractivity contribution in [1.82, 2.24) is 0 Å². The van der Waals surface area contributed by atoms with Crippen molar-refractivity contribution < 1.29 is 9.18 Å². The molecule has 0 amide bonds. The molecular formula is C18H18FNO. The fraction of sp³-hybridized carbons (Fsp3) is 0.278. The lowest BCUT2D eigenvalue weighted by atomic mass is 9.87. The van der Waals surface area contributed by atoms with E-state index in [1.807, 2.05) is 12.1 Å². The molecule has 1 unspecified atom stereocenters. The number of ketones is 1. The number of carbonyl (C=O) groups excluding carboxylic acids is 1. The molecule has 2 nitrogen and oxygen atoms in total. The summed E-state index contributed by atoms with van der Waals surface area (Å²) in [7, 11) is 0. The van der Waals surface area contributed by atoms with Crippen molar-refractivity contribution in [2.24, 2.45) is 0 Å². The van der Waals surface area contributed by atoms with Crippen LogP contribution >= 0.6 is 0 Å². The van der Waals surface area contributed by atoms with Crippen LogP contribution in [0.3, 0.4) is 0 Å². The summed E-state index contributed by atoms with van der Waals surface area (Å²) in [6, 6.07) is 13.2. The number of rotatable bonds is 3. The summed E-state index contributed by atoms with van der Waals surface area (Å²) >= 11 is 0. The third-order valence-corrected chi connectivity index (χ3v) is 4.06. The van der Waals surface area contributed by atoms with E-state index < -0.39 is 5.82 Å². The minimum absolute atomic E-state index is 0.134. The van der Waals surface area contributed by atoms with Crippen LogP contribution in [0.4, 0.5) is 10.1 Å². The zero-order valence-electron chi connectivity index (χ0n) is 12.0. The molecule has 1 N–H and O–H groups in total. The molecule has 1 atom stereocenters. The maximum absolute atomic E-state index is 13.9. The van der Waals surface area contributed by atoms with E-state index in [4.69, 9.17) is 0 Å². The van der Waals surface area contributed by atoms with Crippen LogP contribution in [-0.2, 0) is 6.42 Å². The van der Waals surface area contributed by atoms with E-state index in [1.165, 1.54) is 24.1 Å². The normalized spacial score (nSPS) is 17.1. The molecule has 0 fully saturated rings. The van der Waals surface area contributed by atoms with Gasteiger partial charge in [-0.05, 0) is 49.4 Å². The van der Waals surface area contributed by atoms with Gasteiger partial charge in [0, 0.05) is 5.69 Å². The Kier molecular flexibility index (Phi) is 3.74. The first-order chi connectivity index (χ1) is 10.2. The van der Waals surface area contributed by atoms with Crippen LogP contribution in [0, 0.1) is 5.82 Å². The van der Waals surface area contributed by atoms with Crippen molar-refractivity contribution in [3.05, 3.63) is 65.0 Å². The van der Waals surface area contributed by atoms with Gasteiger partial charge >= 0.3 is 0 Å². The molecule has 108 valence electrons. The van der Waals surface area contributed by atoms with Gasteiger partial charge in [-0.1, -0.05) is 30.3 Å². The van der Waals surface area contributed by atoms with E-state index in [0.717, 1.165) is 19.3 Å². The summed E-state index contributed by atoms with van der Waals surface area (Å²) in [5.41, 5.74) is 3.33. The summed E-state index contributed by atoms with van der Waals surface area (Å²) in [4.78, 5) is 11.7. The highest BCUT2D eigenvalue weighted by Crippen LogP contribution is 2.33. The van der Waals surface area contributed by atoms with Gasteiger partial charge < -0.3 is 5.32 Å². The number of fused-ring (bicyclic) bond motifs is 1. The highest BCUT2D eigenvalue weighted by molar-refractivity contribution is 5.99. The van der Waals surface area contributed by atoms with Gasteiger partial charge in [-0.3, -0.25) is 4.79 Å². The molecule has 0 saturated carbocycles. The number of halogens is 1. The Balaban J connectivity index is 1.96. The van der Waals surface area contributed by atoms with Crippen LogP contribution in [0.5, 0.6) is 0 Å². The van der Waals surface area contributed by atoms with E-state index in [9.17, 15) is 9.18 Å². The minimum Gasteiger partial charge on any atom is -0.378 e. The summed E-state index contributed by atoms with van der Waals surface area (Å²) in [5.74, 6) is -0.712. The predicted octanol–water partition coefficient (Wildman–Crippen LogP) is 4.52. The van der Waals surface area contributed by atoms with Crippen molar-refractivity contribution in [2.75, 3.05) is 5.32 Å².